The zero-order valence-electron chi connectivity index (χ0n) is 15.5. The van der Waals surface area contributed by atoms with E-state index >= 15 is 0 Å². The molecule has 2 fully saturated rings. The summed E-state index contributed by atoms with van der Waals surface area (Å²) in [7, 11) is 0. The van der Waals surface area contributed by atoms with Gasteiger partial charge in [-0.2, -0.15) is 0 Å². The summed E-state index contributed by atoms with van der Waals surface area (Å²) in [5.74, 6) is 0.944. The molecule has 0 saturated carbocycles. The maximum atomic E-state index is 12.9. The van der Waals surface area contributed by atoms with E-state index in [4.69, 9.17) is 4.74 Å². The molecule has 0 N–H and O–H groups in total. The van der Waals surface area contributed by atoms with Gasteiger partial charge in [-0.1, -0.05) is 30.3 Å². The predicted molar refractivity (Wildman–Crippen MR) is 100 cm³/mol. The van der Waals surface area contributed by atoms with Gasteiger partial charge in [0.15, 0.2) is 0 Å². The number of carbonyl (C=O) groups excluding carboxylic acids is 1. The molecule has 2 heterocycles. The number of hydrogen-bond acceptors (Lipinski definition) is 3. The molecule has 3 rings (SSSR count). The van der Waals surface area contributed by atoms with Crippen LogP contribution in [0.5, 0.6) is 0 Å². The number of ether oxygens (including phenoxy) is 1. The SMILES string of the molecule is CC1CCCCN1C(=O)CN(Cc1ccccc1)CC1CCOCC1. The highest BCUT2D eigenvalue weighted by molar-refractivity contribution is 5.78. The summed E-state index contributed by atoms with van der Waals surface area (Å²) >= 11 is 0. The minimum Gasteiger partial charge on any atom is -0.381 e. The highest BCUT2D eigenvalue weighted by Gasteiger charge is 2.26. The number of benzene rings is 1. The fourth-order valence-electron chi connectivity index (χ4n) is 4.07. The van der Waals surface area contributed by atoms with Crippen molar-refractivity contribution in [2.24, 2.45) is 5.92 Å². The van der Waals surface area contributed by atoms with Crippen LogP contribution < -0.4 is 0 Å². The minimum atomic E-state index is 0.301. The summed E-state index contributed by atoms with van der Waals surface area (Å²) in [6.45, 7) is 7.23. The first-order chi connectivity index (χ1) is 12.2. The molecule has 25 heavy (non-hydrogen) atoms. The van der Waals surface area contributed by atoms with Crippen LogP contribution in [0.25, 0.3) is 0 Å². The molecule has 2 saturated heterocycles. The normalized spacial score (nSPS) is 22.3. The van der Waals surface area contributed by atoms with E-state index in [0.717, 1.165) is 58.5 Å². The Morgan fingerprint density at radius 1 is 1.16 bits per heavy atom. The van der Waals surface area contributed by atoms with Crippen LogP contribution in [0.3, 0.4) is 0 Å². The quantitative estimate of drug-likeness (QED) is 0.794. The third-order valence-electron chi connectivity index (χ3n) is 5.59. The van der Waals surface area contributed by atoms with Crippen molar-refractivity contribution in [3.8, 4) is 0 Å². The molecule has 0 bridgehead atoms. The third kappa shape index (κ3) is 5.55. The van der Waals surface area contributed by atoms with Crippen LogP contribution in [-0.2, 0) is 16.1 Å². The van der Waals surface area contributed by atoms with Crippen molar-refractivity contribution < 1.29 is 9.53 Å². The Balaban J connectivity index is 1.63. The minimum absolute atomic E-state index is 0.301. The van der Waals surface area contributed by atoms with Crippen molar-refractivity contribution in [1.29, 1.82) is 0 Å². The van der Waals surface area contributed by atoms with E-state index in [0.29, 0.717) is 24.4 Å². The van der Waals surface area contributed by atoms with Crippen molar-refractivity contribution in [2.75, 3.05) is 32.8 Å². The van der Waals surface area contributed by atoms with Gasteiger partial charge in [0.25, 0.3) is 0 Å². The summed E-state index contributed by atoms with van der Waals surface area (Å²) in [5.41, 5.74) is 1.29. The molecule has 4 nitrogen and oxygen atoms in total. The second kappa shape index (κ2) is 9.35. The second-order valence-corrected chi connectivity index (χ2v) is 7.64. The Hall–Kier alpha value is -1.39. The molecule has 0 aromatic heterocycles. The monoisotopic (exact) mass is 344 g/mol. The zero-order chi connectivity index (χ0) is 17.5. The molecule has 1 aromatic carbocycles. The highest BCUT2D eigenvalue weighted by Crippen LogP contribution is 2.20. The highest BCUT2D eigenvalue weighted by atomic mass is 16.5. The van der Waals surface area contributed by atoms with Crippen LogP contribution in [0, 0.1) is 5.92 Å². The summed E-state index contributed by atoms with van der Waals surface area (Å²) in [4.78, 5) is 17.4. The smallest absolute Gasteiger partial charge is 0.236 e. The molecule has 2 aliphatic heterocycles. The van der Waals surface area contributed by atoms with Gasteiger partial charge < -0.3 is 9.64 Å². The first-order valence-corrected chi connectivity index (χ1v) is 9.86. The van der Waals surface area contributed by atoms with E-state index in [1.165, 1.54) is 12.0 Å². The molecule has 2 aliphatic rings. The van der Waals surface area contributed by atoms with E-state index in [1.807, 2.05) is 6.07 Å². The number of nitrogens with zero attached hydrogens (tertiary/aromatic N) is 2. The maximum absolute atomic E-state index is 12.9. The van der Waals surface area contributed by atoms with Crippen LogP contribution in [0.1, 0.15) is 44.6 Å². The molecule has 1 aromatic rings. The van der Waals surface area contributed by atoms with Gasteiger partial charge in [-0.15, -0.1) is 0 Å². The lowest BCUT2D eigenvalue weighted by Gasteiger charge is -2.36. The molecule has 1 amide bonds. The van der Waals surface area contributed by atoms with E-state index < -0.39 is 0 Å². The summed E-state index contributed by atoms with van der Waals surface area (Å²) in [5, 5.41) is 0. The zero-order valence-corrected chi connectivity index (χ0v) is 15.5. The Morgan fingerprint density at radius 2 is 1.92 bits per heavy atom. The van der Waals surface area contributed by atoms with Crippen molar-refractivity contribution in [3.05, 3.63) is 35.9 Å². The van der Waals surface area contributed by atoms with Gasteiger partial charge in [0.2, 0.25) is 5.91 Å². The molecule has 138 valence electrons. The molecular weight excluding hydrogens is 312 g/mol. The van der Waals surface area contributed by atoms with Gasteiger partial charge in [-0.3, -0.25) is 9.69 Å². The topological polar surface area (TPSA) is 32.8 Å². The van der Waals surface area contributed by atoms with Crippen LogP contribution in [-0.4, -0.2) is 54.6 Å². The average Bonchev–Trinajstić information content (AvgIpc) is 2.63. The lowest BCUT2D eigenvalue weighted by Crippen LogP contribution is -2.47. The third-order valence-corrected chi connectivity index (χ3v) is 5.59. The first-order valence-electron chi connectivity index (χ1n) is 9.86. The van der Waals surface area contributed by atoms with Crippen molar-refractivity contribution in [1.82, 2.24) is 9.80 Å². The van der Waals surface area contributed by atoms with Crippen molar-refractivity contribution in [3.63, 3.8) is 0 Å². The average molecular weight is 344 g/mol. The molecule has 1 unspecified atom stereocenters. The van der Waals surface area contributed by atoms with Crippen LogP contribution in [0.4, 0.5) is 0 Å². The predicted octanol–water partition coefficient (Wildman–Crippen LogP) is 3.32. The van der Waals surface area contributed by atoms with E-state index in [9.17, 15) is 4.79 Å². The van der Waals surface area contributed by atoms with Gasteiger partial charge in [0.1, 0.15) is 0 Å². The molecule has 4 heteroatoms. The molecule has 0 radical (unpaired) electrons. The van der Waals surface area contributed by atoms with Crippen molar-refractivity contribution >= 4 is 5.91 Å². The van der Waals surface area contributed by atoms with Crippen molar-refractivity contribution in [2.45, 2.75) is 51.6 Å². The number of likely N-dealkylation sites (tertiary alicyclic amines) is 1. The summed E-state index contributed by atoms with van der Waals surface area (Å²) in [6.07, 6.45) is 5.76. The lowest BCUT2D eigenvalue weighted by atomic mass is 9.99. The number of piperidine rings is 1. The Kier molecular flexibility index (Phi) is 6.88. The summed E-state index contributed by atoms with van der Waals surface area (Å²) in [6, 6.07) is 10.9. The lowest BCUT2D eigenvalue weighted by molar-refractivity contribution is -0.136. The summed E-state index contributed by atoms with van der Waals surface area (Å²) < 4.78 is 5.50. The molecule has 0 spiro atoms. The molecule has 1 atom stereocenters. The fraction of sp³-hybridized carbons (Fsp3) is 0.667. The van der Waals surface area contributed by atoms with Gasteiger partial charge in [0.05, 0.1) is 6.54 Å². The van der Waals surface area contributed by atoms with Gasteiger partial charge in [-0.25, -0.2) is 0 Å². The van der Waals surface area contributed by atoms with Crippen LogP contribution in [0.2, 0.25) is 0 Å². The van der Waals surface area contributed by atoms with E-state index in [2.05, 4.69) is 41.0 Å². The molecular formula is C21H32N2O2. The Labute approximate surface area is 152 Å². The Morgan fingerprint density at radius 3 is 2.64 bits per heavy atom. The standard InChI is InChI=1S/C21H32N2O2/c1-18-7-5-6-12-23(18)21(24)17-22(15-19-8-3-2-4-9-19)16-20-10-13-25-14-11-20/h2-4,8-9,18,20H,5-7,10-17H2,1H3. The van der Waals surface area contributed by atoms with E-state index in [-0.39, 0.29) is 0 Å². The van der Waals surface area contributed by atoms with Gasteiger partial charge in [0, 0.05) is 38.9 Å². The number of hydrogen-bond donors (Lipinski definition) is 0. The van der Waals surface area contributed by atoms with Crippen LogP contribution in [0.15, 0.2) is 30.3 Å². The van der Waals surface area contributed by atoms with Crippen LogP contribution >= 0.6 is 0 Å². The number of carbonyl (C=O) groups is 1. The second-order valence-electron chi connectivity index (χ2n) is 7.64. The largest absolute Gasteiger partial charge is 0.381 e. The van der Waals surface area contributed by atoms with E-state index in [1.54, 1.807) is 0 Å². The number of rotatable bonds is 6. The number of amides is 1. The van der Waals surface area contributed by atoms with Gasteiger partial charge in [-0.05, 0) is 50.5 Å². The molecule has 0 aliphatic carbocycles. The maximum Gasteiger partial charge on any atom is 0.236 e. The van der Waals surface area contributed by atoms with Gasteiger partial charge >= 0.3 is 0 Å². The Bertz CT molecular complexity index is 528. The first kappa shape index (κ1) is 18.4. The fourth-order valence-corrected chi connectivity index (χ4v) is 4.07.